The van der Waals surface area contributed by atoms with Gasteiger partial charge in [-0.1, -0.05) is 26.7 Å². The van der Waals surface area contributed by atoms with Gasteiger partial charge in [-0.3, -0.25) is 4.99 Å². The second-order valence-corrected chi connectivity index (χ2v) is 4.18. The first kappa shape index (κ1) is 19.3. The predicted molar refractivity (Wildman–Crippen MR) is 85.2 cm³/mol. The number of halogens is 1. The molecule has 17 heavy (non-hydrogen) atoms. The fourth-order valence-electron chi connectivity index (χ4n) is 1.87. The maximum Gasteiger partial charge on any atom is 0.191 e. The van der Waals surface area contributed by atoms with Crippen molar-refractivity contribution in [3.05, 3.63) is 0 Å². The lowest BCUT2D eigenvalue weighted by atomic mass is 9.93. The first-order chi connectivity index (χ1) is 7.61. The summed E-state index contributed by atoms with van der Waals surface area (Å²) in [5.74, 6) is 0.758. The van der Waals surface area contributed by atoms with Crippen LogP contribution in [-0.2, 0) is 0 Å². The fourth-order valence-corrected chi connectivity index (χ4v) is 1.87. The summed E-state index contributed by atoms with van der Waals surface area (Å²) in [5, 5.41) is 16.7. The molecule has 4 nitrogen and oxygen atoms in total. The molecule has 0 aliphatic carbocycles. The van der Waals surface area contributed by atoms with Gasteiger partial charge in [0.1, 0.15) is 0 Å². The van der Waals surface area contributed by atoms with Crippen molar-refractivity contribution in [3.8, 4) is 0 Å². The van der Waals surface area contributed by atoms with Crippen LogP contribution in [0.3, 0.4) is 0 Å². The van der Waals surface area contributed by atoms with Crippen LogP contribution in [0.5, 0.6) is 0 Å². The van der Waals surface area contributed by atoms with E-state index in [1.54, 1.807) is 7.05 Å². The van der Waals surface area contributed by atoms with Crippen molar-refractivity contribution in [2.75, 3.05) is 20.1 Å². The van der Waals surface area contributed by atoms with Crippen LogP contribution in [0.4, 0.5) is 0 Å². The molecule has 0 rings (SSSR count). The lowest BCUT2D eigenvalue weighted by Crippen LogP contribution is -2.47. The zero-order valence-electron chi connectivity index (χ0n) is 11.5. The van der Waals surface area contributed by atoms with Gasteiger partial charge in [0.15, 0.2) is 5.96 Å². The van der Waals surface area contributed by atoms with E-state index in [-0.39, 0.29) is 24.0 Å². The number of nitrogens with one attached hydrogen (secondary N) is 2. The second-order valence-electron chi connectivity index (χ2n) is 4.18. The van der Waals surface area contributed by atoms with E-state index in [1.165, 1.54) is 0 Å². The third kappa shape index (κ3) is 8.65. The Bertz CT molecular complexity index is 204. The van der Waals surface area contributed by atoms with E-state index in [9.17, 15) is 5.11 Å². The van der Waals surface area contributed by atoms with Crippen molar-refractivity contribution in [2.24, 2.45) is 4.99 Å². The molecule has 0 amide bonds. The number of guanidine groups is 1. The summed E-state index contributed by atoms with van der Waals surface area (Å²) in [5.41, 5.74) is -0.602. The number of nitrogens with zero attached hydrogens (tertiary/aromatic N) is 1. The average molecular weight is 357 g/mol. The highest BCUT2D eigenvalue weighted by atomic mass is 127. The van der Waals surface area contributed by atoms with E-state index < -0.39 is 5.60 Å². The molecule has 3 N–H and O–H groups in total. The van der Waals surface area contributed by atoms with Crippen LogP contribution < -0.4 is 10.6 Å². The van der Waals surface area contributed by atoms with Crippen LogP contribution in [0.2, 0.25) is 0 Å². The van der Waals surface area contributed by atoms with E-state index in [1.807, 2.05) is 6.92 Å². The molecule has 0 unspecified atom stereocenters. The number of hydrogen-bond donors (Lipinski definition) is 3. The van der Waals surface area contributed by atoms with Gasteiger partial charge in [0.25, 0.3) is 0 Å². The summed E-state index contributed by atoms with van der Waals surface area (Å²) in [4.78, 5) is 4.08. The Morgan fingerprint density at radius 2 is 1.65 bits per heavy atom. The van der Waals surface area contributed by atoms with Gasteiger partial charge in [0.05, 0.1) is 5.60 Å². The quantitative estimate of drug-likeness (QED) is 0.372. The normalized spacial score (nSPS) is 11.9. The second kappa shape index (κ2) is 11.1. The highest BCUT2D eigenvalue weighted by Crippen LogP contribution is 2.18. The predicted octanol–water partition coefficient (Wildman–Crippen LogP) is 2.12. The minimum absolute atomic E-state index is 0. The SMILES string of the molecule is CCCC(O)(CCC)CNC(=NC)NCC.I. The van der Waals surface area contributed by atoms with E-state index in [2.05, 4.69) is 29.5 Å². The molecule has 5 heteroatoms. The Morgan fingerprint density at radius 3 is 2.00 bits per heavy atom. The van der Waals surface area contributed by atoms with Gasteiger partial charge in [0, 0.05) is 20.1 Å². The first-order valence-corrected chi connectivity index (χ1v) is 6.28. The van der Waals surface area contributed by atoms with Crippen LogP contribution in [0, 0.1) is 0 Å². The molecule has 0 fully saturated rings. The van der Waals surface area contributed by atoms with E-state index in [4.69, 9.17) is 0 Å². The monoisotopic (exact) mass is 357 g/mol. The summed E-state index contributed by atoms with van der Waals surface area (Å²) in [6.07, 6.45) is 3.66. The Kier molecular flexibility index (Phi) is 12.6. The lowest BCUT2D eigenvalue weighted by Gasteiger charge is -2.28. The number of aliphatic hydroxyl groups is 1. The summed E-state index contributed by atoms with van der Waals surface area (Å²) in [6, 6.07) is 0. The number of aliphatic imine (C=N–C) groups is 1. The molecule has 0 heterocycles. The summed E-state index contributed by atoms with van der Waals surface area (Å²) in [6.45, 7) is 7.62. The van der Waals surface area contributed by atoms with Crippen molar-refractivity contribution >= 4 is 29.9 Å². The van der Waals surface area contributed by atoms with Crippen molar-refractivity contribution in [1.29, 1.82) is 0 Å². The van der Waals surface area contributed by atoms with Gasteiger partial charge in [-0.2, -0.15) is 0 Å². The van der Waals surface area contributed by atoms with Gasteiger partial charge in [-0.15, -0.1) is 24.0 Å². The van der Waals surface area contributed by atoms with Gasteiger partial charge in [-0.25, -0.2) is 0 Å². The van der Waals surface area contributed by atoms with Gasteiger partial charge >= 0.3 is 0 Å². The van der Waals surface area contributed by atoms with E-state index in [0.717, 1.165) is 38.2 Å². The Balaban J connectivity index is 0. The smallest absolute Gasteiger partial charge is 0.191 e. The summed E-state index contributed by atoms with van der Waals surface area (Å²) in [7, 11) is 1.74. The summed E-state index contributed by atoms with van der Waals surface area (Å²) >= 11 is 0. The molecule has 0 aromatic carbocycles. The fraction of sp³-hybridized carbons (Fsp3) is 0.917. The lowest BCUT2D eigenvalue weighted by molar-refractivity contribution is 0.0257. The van der Waals surface area contributed by atoms with Crippen LogP contribution in [0.25, 0.3) is 0 Å². The molecule has 0 aliphatic heterocycles. The molecule has 0 aromatic heterocycles. The molecule has 0 bridgehead atoms. The molecule has 0 spiro atoms. The van der Waals surface area contributed by atoms with Crippen molar-refractivity contribution in [2.45, 2.75) is 52.1 Å². The van der Waals surface area contributed by atoms with Gasteiger partial charge in [0.2, 0.25) is 0 Å². The van der Waals surface area contributed by atoms with Gasteiger partial charge < -0.3 is 15.7 Å². The van der Waals surface area contributed by atoms with Crippen LogP contribution in [-0.4, -0.2) is 36.8 Å². The minimum Gasteiger partial charge on any atom is -0.388 e. The molecule has 0 aliphatic rings. The molecule has 104 valence electrons. The topological polar surface area (TPSA) is 56.6 Å². The van der Waals surface area contributed by atoms with Crippen molar-refractivity contribution in [1.82, 2.24) is 10.6 Å². The maximum atomic E-state index is 10.4. The van der Waals surface area contributed by atoms with Crippen molar-refractivity contribution < 1.29 is 5.11 Å². The highest BCUT2D eigenvalue weighted by molar-refractivity contribution is 14.0. The molecule has 0 saturated heterocycles. The Morgan fingerprint density at radius 1 is 1.12 bits per heavy atom. The molecule has 0 aromatic rings. The Hall–Kier alpha value is -0.0400. The standard InChI is InChI=1S/C12H27N3O.HI/c1-5-8-12(16,9-6-2)10-15-11(13-4)14-7-3;/h16H,5-10H2,1-4H3,(H2,13,14,15);1H. The zero-order chi connectivity index (χ0) is 12.4. The van der Waals surface area contributed by atoms with Crippen LogP contribution in [0.15, 0.2) is 4.99 Å². The van der Waals surface area contributed by atoms with Gasteiger partial charge in [-0.05, 0) is 19.8 Å². The summed E-state index contributed by atoms with van der Waals surface area (Å²) < 4.78 is 0. The molecular formula is C12H28IN3O. The van der Waals surface area contributed by atoms with Crippen LogP contribution in [0.1, 0.15) is 46.5 Å². The average Bonchev–Trinajstić information content (AvgIpc) is 2.25. The molecule has 0 atom stereocenters. The maximum absolute atomic E-state index is 10.4. The molecule has 0 saturated carbocycles. The zero-order valence-corrected chi connectivity index (χ0v) is 13.9. The Labute approximate surface area is 123 Å². The molecular weight excluding hydrogens is 329 g/mol. The first-order valence-electron chi connectivity index (χ1n) is 6.28. The van der Waals surface area contributed by atoms with Crippen LogP contribution >= 0.6 is 24.0 Å². The minimum atomic E-state index is -0.602. The third-order valence-corrected chi connectivity index (χ3v) is 2.58. The van der Waals surface area contributed by atoms with E-state index in [0.29, 0.717) is 6.54 Å². The highest BCUT2D eigenvalue weighted by Gasteiger charge is 2.24. The van der Waals surface area contributed by atoms with Crippen molar-refractivity contribution in [3.63, 3.8) is 0 Å². The number of hydrogen-bond acceptors (Lipinski definition) is 2. The molecule has 0 radical (unpaired) electrons. The number of rotatable bonds is 7. The third-order valence-electron chi connectivity index (χ3n) is 2.58. The largest absolute Gasteiger partial charge is 0.388 e. The van der Waals surface area contributed by atoms with E-state index >= 15 is 0 Å².